The number of hydrogen-bond acceptors (Lipinski definition) is 5. The molecule has 3 aromatic carbocycles. The predicted octanol–water partition coefficient (Wildman–Crippen LogP) is 5.71. The summed E-state index contributed by atoms with van der Waals surface area (Å²) in [5, 5.41) is 3.91. The number of hydrogen-bond donors (Lipinski definition) is 1. The summed E-state index contributed by atoms with van der Waals surface area (Å²) in [7, 11) is 1.67. The van der Waals surface area contributed by atoms with Gasteiger partial charge in [0.15, 0.2) is 5.16 Å². The van der Waals surface area contributed by atoms with Crippen molar-refractivity contribution in [1.29, 1.82) is 0 Å². The van der Waals surface area contributed by atoms with E-state index in [9.17, 15) is 4.79 Å². The quantitative estimate of drug-likeness (QED) is 0.266. The largest absolute Gasteiger partial charge is 0.497 e. The Labute approximate surface area is 214 Å². The van der Waals surface area contributed by atoms with Crippen LogP contribution in [-0.2, 0) is 18.8 Å². The Morgan fingerprint density at radius 1 is 0.917 bits per heavy atom. The van der Waals surface area contributed by atoms with E-state index in [2.05, 4.69) is 27.0 Å². The van der Waals surface area contributed by atoms with Gasteiger partial charge in [-0.3, -0.25) is 9.78 Å². The summed E-state index contributed by atoms with van der Waals surface area (Å²) in [6, 6.07) is 27.7. The zero-order valence-electron chi connectivity index (χ0n) is 19.9. The molecule has 0 fully saturated rings. The second kappa shape index (κ2) is 11.1. The minimum Gasteiger partial charge on any atom is -0.497 e. The number of pyridine rings is 1. The van der Waals surface area contributed by atoms with E-state index in [0.29, 0.717) is 18.7 Å². The fourth-order valence-electron chi connectivity index (χ4n) is 3.90. The van der Waals surface area contributed by atoms with Gasteiger partial charge < -0.3 is 14.6 Å². The van der Waals surface area contributed by atoms with Crippen molar-refractivity contribution in [2.45, 2.75) is 24.0 Å². The number of ether oxygens (including phenoxy) is 1. The lowest BCUT2D eigenvalue weighted by Gasteiger charge is -2.10. The van der Waals surface area contributed by atoms with Crippen LogP contribution in [0.5, 0.6) is 5.75 Å². The number of aromatic nitrogens is 3. The number of imidazole rings is 1. The molecule has 1 N–H and O–H groups in total. The van der Waals surface area contributed by atoms with Crippen LogP contribution >= 0.6 is 11.8 Å². The molecular weight excluding hydrogens is 468 g/mol. The Morgan fingerprint density at radius 2 is 1.67 bits per heavy atom. The van der Waals surface area contributed by atoms with Gasteiger partial charge in [0, 0.05) is 24.1 Å². The van der Waals surface area contributed by atoms with Gasteiger partial charge in [-0.2, -0.15) is 0 Å². The van der Waals surface area contributed by atoms with Crippen LogP contribution in [0.15, 0.2) is 102 Å². The summed E-state index contributed by atoms with van der Waals surface area (Å²) < 4.78 is 7.44. The van der Waals surface area contributed by atoms with Gasteiger partial charge in [-0.05, 0) is 47.0 Å². The molecule has 180 valence electrons. The molecule has 36 heavy (non-hydrogen) atoms. The van der Waals surface area contributed by atoms with Crippen molar-refractivity contribution in [1.82, 2.24) is 19.9 Å². The van der Waals surface area contributed by atoms with E-state index in [1.807, 2.05) is 79.0 Å². The maximum atomic E-state index is 12.6. The highest BCUT2D eigenvalue weighted by Gasteiger charge is 2.13. The molecule has 0 aliphatic rings. The van der Waals surface area contributed by atoms with Crippen LogP contribution in [0.3, 0.4) is 0 Å². The first-order valence-corrected chi connectivity index (χ1v) is 12.7. The van der Waals surface area contributed by atoms with E-state index in [1.165, 1.54) is 5.56 Å². The van der Waals surface area contributed by atoms with Crippen molar-refractivity contribution in [3.8, 4) is 5.75 Å². The van der Waals surface area contributed by atoms with E-state index in [0.717, 1.165) is 38.8 Å². The summed E-state index contributed by atoms with van der Waals surface area (Å²) in [6.07, 6.45) is 3.62. The average Bonchev–Trinajstić information content (AvgIpc) is 3.29. The van der Waals surface area contributed by atoms with Crippen molar-refractivity contribution in [3.63, 3.8) is 0 Å². The molecule has 0 radical (unpaired) electrons. The second-order valence-electron chi connectivity index (χ2n) is 8.35. The van der Waals surface area contributed by atoms with Gasteiger partial charge in [-0.1, -0.05) is 66.4 Å². The molecular formula is C29H26N4O2S. The molecule has 5 rings (SSSR count). The first kappa shape index (κ1) is 23.6. The van der Waals surface area contributed by atoms with Crippen molar-refractivity contribution >= 4 is 28.7 Å². The Hall–Kier alpha value is -4.10. The highest BCUT2D eigenvalue weighted by atomic mass is 32.2. The van der Waals surface area contributed by atoms with Gasteiger partial charge in [-0.25, -0.2) is 4.98 Å². The smallest absolute Gasteiger partial charge is 0.251 e. The highest BCUT2D eigenvalue weighted by Crippen LogP contribution is 2.28. The van der Waals surface area contributed by atoms with Gasteiger partial charge in [0.25, 0.3) is 5.91 Å². The Bertz CT molecular complexity index is 1450. The fraction of sp³-hybridized carbons (Fsp3) is 0.138. The number of rotatable bonds is 9. The summed E-state index contributed by atoms with van der Waals surface area (Å²) in [5.74, 6) is 1.55. The number of thioether (sulfide) groups is 1. The van der Waals surface area contributed by atoms with Crippen LogP contribution in [0.2, 0.25) is 0 Å². The molecule has 0 saturated carbocycles. The Morgan fingerprint density at radius 3 is 2.42 bits per heavy atom. The second-order valence-corrected chi connectivity index (χ2v) is 9.29. The van der Waals surface area contributed by atoms with Crippen LogP contribution in [0.4, 0.5) is 0 Å². The van der Waals surface area contributed by atoms with Crippen molar-refractivity contribution < 1.29 is 9.53 Å². The van der Waals surface area contributed by atoms with E-state index in [4.69, 9.17) is 9.72 Å². The molecule has 0 unspecified atom stereocenters. The van der Waals surface area contributed by atoms with Crippen LogP contribution in [-0.4, -0.2) is 27.6 Å². The SMILES string of the molecule is COc1ccc(CSc2nc3ccncc3n2Cc2ccc(C(=O)NCc3ccccc3)cc2)cc1. The van der Waals surface area contributed by atoms with Crippen LogP contribution in [0.25, 0.3) is 11.0 Å². The van der Waals surface area contributed by atoms with Crippen molar-refractivity contribution in [3.05, 3.63) is 120 Å². The van der Waals surface area contributed by atoms with Crippen molar-refractivity contribution in [2.24, 2.45) is 0 Å². The number of amides is 1. The predicted molar refractivity (Wildman–Crippen MR) is 143 cm³/mol. The molecule has 5 aromatic rings. The van der Waals surface area contributed by atoms with E-state index >= 15 is 0 Å². The molecule has 2 heterocycles. The summed E-state index contributed by atoms with van der Waals surface area (Å²) in [5.41, 5.74) is 5.90. The van der Waals surface area contributed by atoms with Gasteiger partial charge in [0.2, 0.25) is 0 Å². The number of nitrogens with one attached hydrogen (secondary N) is 1. The molecule has 0 bridgehead atoms. The molecule has 7 heteroatoms. The molecule has 6 nitrogen and oxygen atoms in total. The molecule has 0 aliphatic heterocycles. The maximum Gasteiger partial charge on any atom is 0.251 e. The summed E-state index contributed by atoms with van der Waals surface area (Å²) in [4.78, 5) is 21.8. The zero-order chi connectivity index (χ0) is 24.7. The normalized spacial score (nSPS) is 10.9. The lowest BCUT2D eigenvalue weighted by Crippen LogP contribution is -2.22. The third-order valence-electron chi connectivity index (χ3n) is 5.90. The minimum atomic E-state index is -0.0848. The Balaban J connectivity index is 1.30. The first-order valence-electron chi connectivity index (χ1n) is 11.7. The molecule has 0 aliphatic carbocycles. The van der Waals surface area contributed by atoms with Crippen LogP contribution in [0.1, 0.15) is 27.0 Å². The number of methoxy groups -OCH3 is 1. The van der Waals surface area contributed by atoms with Crippen LogP contribution < -0.4 is 10.1 Å². The molecule has 1 amide bonds. The van der Waals surface area contributed by atoms with Crippen LogP contribution in [0, 0.1) is 0 Å². The number of fused-ring (bicyclic) bond motifs is 1. The van der Waals surface area contributed by atoms with E-state index in [1.54, 1.807) is 25.1 Å². The lowest BCUT2D eigenvalue weighted by molar-refractivity contribution is 0.0951. The number of nitrogens with zero attached hydrogens (tertiary/aromatic N) is 3. The highest BCUT2D eigenvalue weighted by molar-refractivity contribution is 7.98. The Kier molecular flexibility index (Phi) is 7.28. The third kappa shape index (κ3) is 5.58. The number of carbonyl (C=O) groups excluding carboxylic acids is 1. The van der Waals surface area contributed by atoms with Gasteiger partial charge in [0.1, 0.15) is 5.75 Å². The first-order chi connectivity index (χ1) is 17.7. The van der Waals surface area contributed by atoms with Gasteiger partial charge in [-0.15, -0.1) is 0 Å². The van der Waals surface area contributed by atoms with E-state index < -0.39 is 0 Å². The molecule has 0 saturated heterocycles. The fourth-order valence-corrected chi connectivity index (χ4v) is 4.87. The maximum absolute atomic E-state index is 12.6. The number of benzene rings is 3. The lowest BCUT2D eigenvalue weighted by atomic mass is 10.1. The molecule has 0 spiro atoms. The third-order valence-corrected chi connectivity index (χ3v) is 6.94. The van der Waals surface area contributed by atoms with Gasteiger partial charge in [0.05, 0.1) is 30.9 Å². The van der Waals surface area contributed by atoms with Gasteiger partial charge >= 0.3 is 0 Å². The number of carbonyl (C=O) groups is 1. The zero-order valence-corrected chi connectivity index (χ0v) is 20.7. The van der Waals surface area contributed by atoms with E-state index in [-0.39, 0.29) is 5.91 Å². The minimum absolute atomic E-state index is 0.0848. The topological polar surface area (TPSA) is 69.0 Å². The average molecular weight is 495 g/mol. The standard InChI is InChI=1S/C29H26N4O2S/c1-35-25-13-9-23(10-14-25)20-36-29-32-26-15-16-30-18-27(26)33(29)19-22-7-11-24(12-8-22)28(34)31-17-21-5-3-2-4-6-21/h2-16,18H,17,19-20H2,1H3,(H,31,34). The van der Waals surface area contributed by atoms with Crippen molar-refractivity contribution in [2.75, 3.05) is 7.11 Å². The molecule has 2 aromatic heterocycles. The monoisotopic (exact) mass is 494 g/mol. The summed E-state index contributed by atoms with van der Waals surface area (Å²) in [6.45, 7) is 1.14. The molecule has 0 atom stereocenters. The summed E-state index contributed by atoms with van der Waals surface area (Å²) >= 11 is 1.69.